The van der Waals surface area contributed by atoms with Crippen molar-refractivity contribution in [1.29, 1.82) is 0 Å². The number of likely N-dealkylation sites (tertiary alicyclic amines) is 1. The predicted octanol–water partition coefficient (Wildman–Crippen LogP) is 1.26. The van der Waals surface area contributed by atoms with Crippen LogP contribution >= 0.6 is 0 Å². The minimum atomic E-state index is 0.263. The zero-order valence-electron chi connectivity index (χ0n) is 7.05. The van der Waals surface area contributed by atoms with E-state index in [1.807, 2.05) is 4.90 Å². The molecule has 2 rings (SSSR count). The lowest BCUT2D eigenvalue weighted by Gasteiger charge is -2.13. The molecule has 0 spiro atoms. The molecule has 2 nitrogen and oxygen atoms in total. The summed E-state index contributed by atoms with van der Waals surface area (Å²) >= 11 is 0. The van der Waals surface area contributed by atoms with Crippen LogP contribution in [0.4, 0.5) is 0 Å². The van der Waals surface area contributed by atoms with E-state index in [2.05, 4.69) is 0 Å². The van der Waals surface area contributed by atoms with Crippen molar-refractivity contribution in [3.63, 3.8) is 0 Å². The highest BCUT2D eigenvalue weighted by atomic mass is 16.2. The Labute approximate surface area is 67.6 Å². The van der Waals surface area contributed by atoms with Gasteiger partial charge in [-0.05, 0) is 24.7 Å². The molecule has 1 amide bonds. The molecule has 62 valence electrons. The van der Waals surface area contributed by atoms with Crippen LogP contribution in [-0.2, 0) is 4.79 Å². The van der Waals surface area contributed by atoms with Crippen LogP contribution in [0.15, 0.2) is 0 Å². The van der Waals surface area contributed by atoms with Gasteiger partial charge in [0.05, 0.1) is 0 Å². The fourth-order valence-electron chi connectivity index (χ4n) is 2.49. The lowest BCUT2D eigenvalue weighted by molar-refractivity contribution is -0.128. The Hall–Kier alpha value is -0.530. The van der Waals surface area contributed by atoms with E-state index in [4.69, 9.17) is 0 Å². The Bertz CT molecular complexity index is 166. The van der Waals surface area contributed by atoms with Crippen LogP contribution in [0.5, 0.6) is 0 Å². The van der Waals surface area contributed by atoms with E-state index in [0.29, 0.717) is 0 Å². The van der Waals surface area contributed by atoms with Gasteiger partial charge in [-0.1, -0.05) is 6.42 Å². The van der Waals surface area contributed by atoms with Crippen LogP contribution in [0.2, 0.25) is 0 Å². The van der Waals surface area contributed by atoms with Gasteiger partial charge in [0.15, 0.2) is 0 Å². The zero-order chi connectivity index (χ0) is 7.84. The number of carbonyl (C=O) groups is 1. The second kappa shape index (κ2) is 2.50. The second-order valence-electron chi connectivity index (χ2n) is 3.88. The monoisotopic (exact) mass is 153 g/mol. The molecule has 0 radical (unpaired) electrons. The summed E-state index contributed by atoms with van der Waals surface area (Å²) in [7, 11) is 0. The summed E-state index contributed by atoms with van der Waals surface area (Å²) in [5, 5.41) is 0. The van der Waals surface area contributed by atoms with Gasteiger partial charge in [0, 0.05) is 20.0 Å². The minimum Gasteiger partial charge on any atom is -0.342 e. The summed E-state index contributed by atoms with van der Waals surface area (Å²) in [6.07, 6.45) is 4.10. The summed E-state index contributed by atoms with van der Waals surface area (Å²) in [6, 6.07) is 0. The largest absolute Gasteiger partial charge is 0.342 e. The highest BCUT2D eigenvalue weighted by Gasteiger charge is 2.36. The summed E-state index contributed by atoms with van der Waals surface area (Å²) in [6.45, 7) is 3.76. The maximum Gasteiger partial charge on any atom is 0.219 e. The number of fused-ring (bicyclic) bond motifs is 1. The van der Waals surface area contributed by atoms with Crippen molar-refractivity contribution in [2.45, 2.75) is 26.2 Å². The fraction of sp³-hybridized carbons (Fsp3) is 0.889. The first kappa shape index (κ1) is 7.14. The molecular formula is C9H15NO. The normalized spacial score (nSPS) is 35.9. The molecule has 2 atom stereocenters. The number of hydrogen-bond acceptors (Lipinski definition) is 1. The van der Waals surface area contributed by atoms with Crippen molar-refractivity contribution in [2.75, 3.05) is 13.1 Å². The van der Waals surface area contributed by atoms with Crippen molar-refractivity contribution >= 4 is 5.91 Å². The van der Waals surface area contributed by atoms with Gasteiger partial charge < -0.3 is 4.90 Å². The van der Waals surface area contributed by atoms with Gasteiger partial charge in [-0.25, -0.2) is 0 Å². The molecule has 2 fully saturated rings. The smallest absolute Gasteiger partial charge is 0.219 e. The molecule has 0 aromatic carbocycles. The maximum atomic E-state index is 11.0. The van der Waals surface area contributed by atoms with E-state index < -0.39 is 0 Å². The van der Waals surface area contributed by atoms with E-state index in [0.717, 1.165) is 24.9 Å². The Kier molecular flexibility index (Phi) is 1.63. The SMILES string of the molecule is CC(=O)N1C[C@H]2CCC[C@H]2C1. The fourth-order valence-corrected chi connectivity index (χ4v) is 2.49. The number of carbonyl (C=O) groups excluding carboxylic acids is 1. The highest BCUT2D eigenvalue weighted by molar-refractivity contribution is 5.73. The lowest BCUT2D eigenvalue weighted by Crippen LogP contribution is -2.26. The molecule has 0 unspecified atom stereocenters. The van der Waals surface area contributed by atoms with Gasteiger partial charge in [-0.15, -0.1) is 0 Å². The maximum absolute atomic E-state index is 11.0. The van der Waals surface area contributed by atoms with Gasteiger partial charge in [0.25, 0.3) is 0 Å². The topological polar surface area (TPSA) is 20.3 Å². The van der Waals surface area contributed by atoms with Gasteiger partial charge in [-0.3, -0.25) is 4.79 Å². The number of amides is 1. The Morgan fingerprint density at radius 3 is 2.27 bits per heavy atom. The molecule has 1 aliphatic carbocycles. The Balaban J connectivity index is 1.99. The summed E-state index contributed by atoms with van der Waals surface area (Å²) in [5.74, 6) is 1.96. The van der Waals surface area contributed by atoms with E-state index >= 15 is 0 Å². The molecule has 11 heavy (non-hydrogen) atoms. The van der Waals surface area contributed by atoms with E-state index in [1.165, 1.54) is 19.3 Å². The van der Waals surface area contributed by atoms with Crippen LogP contribution in [0.1, 0.15) is 26.2 Å². The standard InChI is InChI=1S/C9H15NO/c1-7(11)10-5-8-3-2-4-9(8)6-10/h8-9H,2-6H2,1H3/t8-,9+. The molecule has 0 aromatic rings. The van der Waals surface area contributed by atoms with Crippen molar-refractivity contribution in [1.82, 2.24) is 4.90 Å². The van der Waals surface area contributed by atoms with E-state index in [-0.39, 0.29) is 5.91 Å². The van der Waals surface area contributed by atoms with E-state index in [1.54, 1.807) is 6.92 Å². The van der Waals surface area contributed by atoms with Gasteiger partial charge >= 0.3 is 0 Å². The second-order valence-corrected chi connectivity index (χ2v) is 3.88. The molecule has 0 bridgehead atoms. The quantitative estimate of drug-likeness (QED) is 0.513. The zero-order valence-corrected chi connectivity index (χ0v) is 7.05. The molecule has 1 aliphatic heterocycles. The first-order chi connectivity index (χ1) is 5.27. The third kappa shape index (κ3) is 1.15. The van der Waals surface area contributed by atoms with Gasteiger partial charge in [-0.2, -0.15) is 0 Å². The number of rotatable bonds is 0. The van der Waals surface area contributed by atoms with Crippen LogP contribution < -0.4 is 0 Å². The van der Waals surface area contributed by atoms with Crippen molar-refractivity contribution in [2.24, 2.45) is 11.8 Å². The Morgan fingerprint density at radius 2 is 1.82 bits per heavy atom. The third-order valence-corrected chi connectivity index (χ3v) is 3.17. The molecule has 1 saturated heterocycles. The van der Waals surface area contributed by atoms with Gasteiger partial charge in [0.1, 0.15) is 0 Å². The minimum absolute atomic E-state index is 0.263. The van der Waals surface area contributed by atoms with Crippen molar-refractivity contribution in [3.8, 4) is 0 Å². The van der Waals surface area contributed by atoms with E-state index in [9.17, 15) is 4.79 Å². The average molecular weight is 153 g/mol. The third-order valence-electron chi connectivity index (χ3n) is 3.17. The van der Waals surface area contributed by atoms with Gasteiger partial charge in [0.2, 0.25) is 5.91 Å². The highest BCUT2D eigenvalue weighted by Crippen LogP contribution is 2.37. The molecule has 2 heteroatoms. The van der Waals surface area contributed by atoms with Crippen LogP contribution in [0.3, 0.4) is 0 Å². The molecule has 1 heterocycles. The van der Waals surface area contributed by atoms with Crippen LogP contribution in [-0.4, -0.2) is 23.9 Å². The van der Waals surface area contributed by atoms with Crippen molar-refractivity contribution in [3.05, 3.63) is 0 Å². The van der Waals surface area contributed by atoms with Crippen molar-refractivity contribution < 1.29 is 4.79 Å². The molecular weight excluding hydrogens is 138 g/mol. The lowest BCUT2D eigenvalue weighted by atomic mass is 10.0. The predicted molar refractivity (Wildman–Crippen MR) is 43.1 cm³/mol. The summed E-state index contributed by atoms with van der Waals surface area (Å²) in [4.78, 5) is 13.0. The van der Waals surface area contributed by atoms with Crippen LogP contribution in [0.25, 0.3) is 0 Å². The first-order valence-corrected chi connectivity index (χ1v) is 4.53. The average Bonchev–Trinajstić information content (AvgIpc) is 2.40. The summed E-state index contributed by atoms with van der Waals surface area (Å²) in [5.41, 5.74) is 0. The molecule has 2 aliphatic rings. The molecule has 1 saturated carbocycles. The Morgan fingerprint density at radius 1 is 1.27 bits per heavy atom. The summed E-state index contributed by atoms with van der Waals surface area (Å²) < 4.78 is 0. The van der Waals surface area contributed by atoms with Crippen LogP contribution in [0, 0.1) is 11.8 Å². The number of hydrogen-bond donors (Lipinski definition) is 0. The molecule has 0 aromatic heterocycles. The molecule has 0 N–H and O–H groups in total. The first-order valence-electron chi connectivity index (χ1n) is 4.53. The number of nitrogens with zero attached hydrogens (tertiary/aromatic N) is 1.